The van der Waals surface area contributed by atoms with Crippen molar-refractivity contribution in [3.63, 3.8) is 0 Å². The summed E-state index contributed by atoms with van der Waals surface area (Å²) in [5.41, 5.74) is 5.39. The fourth-order valence-electron chi connectivity index (χ4n) is 2.68. The van der Waals surface area contributed by atoms with E-state index in [1.54, 1.807) is 6.20 Å². The molecular formula is C22H20N4O. The Kier molecular flexibility index (Phi) is 4.66. The maximum Gasteiger partial charge on any atom is 0.259 e. The molecule has 27 heavy (non-hydrogen) atoms. The van der Waals surface area contributed by atoms with Crippen LogP contribution in [0.5, 0.6) is 0 Å². The van der Waals surface area contributed by atoms with Gasteiger partial charge in [0.2, 0.25) is 5.82 Å². The van der Waals surface area contributed by atoms with Crippen LogP contribution in [0.2, 0.25) is 0 Å². The van der Waals surface area contributed by atoms with E-state index in [4.69, 9.17) is 4.52 Å². The van der Waals surface area contributed by atoms with Crippen molar-refractivity contribution in [3.05, 3.63) is 83.6 Å². The quantitative estimate of drug-likeness (QED) is 0.543. The Hall–Kier alpha value is -3.47. The van der Waals surface area contributed by atoms with Crippen LogP contribution in [0.3, 0.4) is 0 Å². The summed E-state index contributed by atoms with van der Waals surface area (Å²) < 4.78 is 5.39. The maximum atomic E-state index is 5.39. The van der Waals surface area contributed by atoms with E-state index in [-0.39, 0.29) is 0 Å². The molecule has 0 aliphatic rings. The van der Waals surface area contributed by atoms with Gasteiger partial charge in [0.1, 0.15) is 5.82 Å². The van der Waals surface area contributed by atoms with Gasteiger partial charge >= 0.3 is 0 Å². The Balaban J connectivity index is 1.44. The highest BCUT2D eigenvalue weighted by molar-refractivity contribution is 5.60. The van der Waals surface area contributed by atoms with E-state index in [0.29, 0.717) is 11.7 Å². The van der Waals surface area contributed by atoms with Gasteiger partial charge in [0.15, 0.2) is 0 Å². The molecule has 0 fully saturated rings. The van der Waals surface area contributed by atoms with Crippen LogP contribution in [0.15, 0.2) is 71.4 Å². The molecule has 2 aromatic carbocycles. The van der Waals surface area contributed by atoms with Gasteiger partial charge in [-0.05, 0) is 31.5 Å². The topological polar surface area (TPSA) is 63.8 Å². The van der Waals surface area contributed by atoms with E-state index in [0.717, 1.165) is 23.5 Å². The van der Waals surface area contributed by atoms with Crippen LogP contribution < -0.4 is 5.32 Å². The highest BCUT2D eigenvalue weighted by Gasteiger charge is 2.11. The average Bonchev–Trinajstić information content (AvgIpc) is 3.19. The van der Waals surface area contributed by atoms with Crippen LogP contribution in [0.1, 0.15) is 16.7 Å². The van der Waals surface area contributed by atoms with E-state index in [1.165, 1.54) is 16.7 Å². The fraction of sp³-hybridized carbons (Fsp3) is 0.136. The largest absolute Gasteiger partial charge is 0.366 e. The zero-order valence-electron chi connectivity index (χ0n) is 15.3. The summed E-state index contributed by atoms with van der Waals surface area (Å²) in [6, 6.07) is 20.3. The first kappa shape index (κ1) is 17.0. The van der Waals surface area contributed by atoms with Gasteiger partial charge in [-0.2, -0.15) is 4.98 Å². The van der Waals surface area contributed by atoms with Gasteiger partial charge in [0.25, 0.3) is 5.89 Å². The second kappa shape index (κ2) is 7.41. The van der Waals surface area contributed by atoms with Crippen molar-refractivity contribution in [2.75, 3.05) is 5.32 Å². The first-order valence-corrected chi connectivity index (χ1v) is 8.84. The Morgan fingerprint density at radius 3 is 2.15 bits per heavy atom. The first-order chi connectivity index (χ1) is 13.2. The van der Waals surface area contributed by atoms with E-state index in [1.807, 2.05) is 43.3 Å². The number of pyridine rings is 1. The number of anilines is 1. The van der Waals surface area contributed by atoms with Crippen LogP contribution in [-0.4, -0.2) is 15.1 Å². The summed E-state index contributed by atoms with van der Waals surface area (Å²) in [4.78, 5) is 8.92. The molecule has 0 spiro atoms. The molecule has 0 saturated heterocycles. The van der Waals surface area contributed by atoms with Gasteiger partial charge in [0, 0.05) is 18.3 Å². The normalized spacial score (nSPS) is 10.7. The molecular weight excluding hydrogens is 336 g/mol. The maximum absolute atomic E-state index is 5.39. The van der Waals surface area contributed by atoms with Crippen LogP contribution in [0.25, 0.3) is 22.8 Å². The van der Waals surface area contributed by atoms with Gasteiger partial charge < -0.3 is 9.84 Å². The van der Waals surface area contributed by atoms with Gasteiger partial charge in [0.05, 0.1) is 5.56 Å². The van der Waals surface area contributed by atoms with Gasteiger partial charge in [-0.25, -0.2) is 4.98 Å². The second-order valence-corrected chi connectivity index (χ2v) is 6.56. The van der Waals surface area contributed by atoms with Crippen LogP contribution >= 0.6 is 0 Å². The number of aryl methyl sites for hydroxylation is 2. The summed E-state index contributed by atoms with van der Waals surface area (Å²) in [6.45, 7) is 4.86. The summed E-state index contributed by atoms with van der Waals surface area (Å²) >= 11 is 0. The van der Waals surface area contributed by atoms with Gasteiger partial charge in [-0.3, -0.25) is 0 Å². The van der Waals surface area contributed by atoms with Crippen LogP contribution in [-0.2, 0) is 6.54 Å². The lowest BCUT2D eigenvalue weighted by atomic mass is 10.1. The zero-order chi connectivity index (χ0) is 18.6. The predicted molar refractivity (Wildman–Crippen MR) is 106 cm³/mol. The Morgan fingerprint density at radius 2 is 1.48 bits per heavy atom. The summed E-state index contributed by atoms with van der Waals surface area (Å²) in [5.74, 6) is 1.84. The van der Waals surface area contributed by atoms with Gasteiger partial charge in [-0.1, -0.05) is 64.8 Å². The molecule has 2 heterocycles. The van der Waals surface area contributed by atoms with E-state index in [2.05, 4.69) is 51.6 Å². The summed E-state index contributed by atoms with van der Waals surface area (Å²) in [6.07, 6.45) is 1.74. The Labute approximate surface area is 158 Å². The second-order valence-electron chi connectivity index (χ2n) is 6.56. The number of nitrogens with one attached hydrogen (secondary N) is 1. The predicted octanol–water partition coefficient (Wildman–Crippen LogP) is 5.03. The molecule has 0 bridgehead atoms. The molecule has 134 valence electrons. The Morgan fingerprint density at radius 1 is 0.815 bits per heavy atom. The van der Waals surface area contributed by atoms with Crippen molar-refractivity contribution in [2.24, 2.45) is 0 Å². The molecule has 0 atom stereocenters. The molecule has 0 amide bonds. The van der Waals surface area contributed by atoms with E-state index in [9.17, 15) is 0 Å². The number of rotatable bonds is 5. The fourth-order valence-corrected chi connectivity index (χ4v) is 2.68. The minimum absolute atomic E-state index is 0.461. The molecule has 0 aliphatic heterocycles. The molecule has 5 heteroatoms. The number of nitrogens with zero attached hydrogens (tertiary/aromatic N) is 3. The van der Waals surface area contributed by atoms with E-state index >= 15 is 0 Å². The smallest absolute Gasteiger partial charge is 0.259 e. The third kappa shape index (κ3) is 4.03. The monoisotopic (exact) mass is 356 g/mol. The zero-order valence-corrected chi connectivity index (χ0v) is 15.3. The Bertz CT molecular complexity index is 1020. The highest BCUT2D eigenvalue weighted by Crippen LogP contribution is 2.22. The third-order valence-corrected chi connectivity index (χ3v) is 4.34. The molecule has 0 aliphatic carbocycles. The van der Waals surface area contributed by atoms with Crippen molar-refractivity contribution in [2.45, 2.75) is 20.4 Å². The number of benzene rings is 2. The van der Waals surface area contributed by atoms with Crippen molar-refractivity contribution in [3.8, 4) is 22.8 Å². The average molecular weight is 356 g/mol. The SMILES string of the molecule is Cc1ccc(CNc2ccc(-c3nc(-c4ccc(C)cc4)no3)cn2)cc1. The molecule has 0 unspecified atom stereocenters. The number of hydrogen-bond acceptors (Lipinski definition) is 5. The van der Waals surface area contributed by atoms with Gasteiger partial charge in [-0.15, -0.1) is 0 Å². The summed E-state index contributed by atoms with van der Waals surface area (Å²) in [7, 11) is 0. The number of hydrogen-bond donors (Lipinski definition) is 1. The minimum Gasteiger partial charge on any atom is -0.366 e. The van der Waals surface area contributed by atoms with Crippen molar-refractivity contribution in [1.82, 2.24) is 15.1 Å². The lowest BCUT2D eigenvalue weighted by molar-refractivity contribution is 0.432. The lowest BCUT2D eigenvalue weighted by Gasteiger charge is -2.06. The summed E-state index contributed by atoms with van der Waals surface area (Å²) in [5, 5.41) is 7.39. The minimum atomic E-state index is 0.461. The van der Waals surface area contributed by atoms with Crippen molar-refractivity contribution < 1.29 is 4.52 Å². The molecule has 4 aromatic rings. The first-order valence-electron chi connectivity index (χ1n) is 8.84. The molecule has 2 aromatic heterocycles. The molecule has 5 nitrogen and oxygen atoms in total. The molecule has 4 rings (SSSR count). The lowest BCUT2D eigenvalue weighted by Crippen LogP contribution is -2.01. The van der Waals surface area contributed by atoms with Crippen molar-refractivity contribution >= 4 is 5.82 Å². The molecule has 0 saturated carbocycles. The van der Waals surface area contributed by atoms with Crippen LogP contribution in [0, 0.1) is 13.8 Å². The van der Waals surface area contributed by atoms with Crippen LogP contribution in [0.4, 0.5) is 5.82 Å². The van der Waals surface area contributed by atoms with Crippen molar-refractivity contribution in [1.29, 1.82) is 0 Å². The molecule has 1 N–H and O–H groups in total. The van der Waals surface area contributed by atoms with E-state index < -0.39 is 0 Å². The third-order valence-electron chi connectivity index (χ3n) is 4.34. The standard InChI is InChI=1S/C22H20N4O/c1-15-3-7-17(8-4-15)13-23-20-12-11-19(14-24-20)22-25-21(26-27-22)18-9-5-16(2)6-10-18/h3-12,14H,13H2,1-2H3,(H,23,24). The molecule has 0 radical (unpaired) electrons. The number of aromatic nitrogens is 3. The highest BCUT2D eigenvalue weighted by atomic mass is 16.5.